The predicted molar refractivity (Wildman–Crippen MR) is 63.0 cm³/mol. The molecule has 1 saturated heterocycles. The van der Waals surface area contributed by atoms with Crippen LogP contribution in [-0.2, 0) is 14.6 Å². The highest BCUT2D eigenvalue weighted by molar-refractivity contribution is 7.91. The Morgan fingerprint density at radius 3 is 2.44 bits per heavy atom. The van der Waals surface area contributed by atoms with Gasteiger partial charge < -0.3 is 10.5 Å². The van der Waals surface area contributed by atoms with E-state index in [9.17, 15) is 8.42 Å². The lowest BCUT2D eigenvalue weighted by molar-refractivity contribution is -0.0980. The van der Waals surface area contributed by atoms with Crippen molar-refractivity contribution in [2.75, 3.05) is 18.1 Å². The molecule has 5 heteroatoms. The molecule has 0 radical (unpaired) electrons. The van der Waals surface area contributed by atoms with Gasteiger partial charge >= 0.3 is 0 Å². The maximum absolute atomic E-state index is 11.4. The van der Waals surface area contributed by atoms with Gasteiger partial charge in [0.15, 0.2) is 9.84 Å². The maximum Gasteiger partial charge on any atom is 0.152 e. The van der Waals surface area contributed by atoms with Crippen LogP contribution in [0.2, 0.25) is 0 Å². The van der Waals surface area contributed by atoms with Gasteiger partial charge in [-0.3, -0.25) is 0 Å². The molecule has 16 heavy (non-hydrogen) atoms. The molecule has 1 unspecified atom stereocenters. The minimum atomic E-state index is -2.85. The second kappa shape index (κ2) is 4.63. The molecule has 1 aliphatic carbocycles. The van der Waals surface area contributed by atoms with E-state index in [1.165, 1.54) is 6.42 Å². The van der Waals surface area contributed by atoms with E-state index in [2.05, 4.69) is 0 Å². The summed E-state index contributed by atoms with van der Waals surface area (Å²) in [5, 5.41) is 0. The van der Waals surface area contributed by atoms with Gasteiger partial charge in [0, 0.05) is 6.54 Å². The van der Waals surface area contributed by atoms with Crippen LogP contribution >= 0.6 is 0 Å². The summed E-state index contributed by atoms with van der Waals surface area (Å²) in [4.78, 5) is 0. The van der Waals surface area contributed by atoms with Gasteiger partial charge in [-0.25, -0.2) is 8.42 Å². The highest BCUT2D eigenvalue weighted by Crippen LogP contribution is 2.33. The minimum absolute atomic E-state index is 0.119. The number of rotatable bonds is 3. The Morgan fingerprint density at radius 1 is 1.25 bits per heavy atom. The average Bonchev–Trinajstić information content (AvgIpc) is 2.59. The van der Waals surface area contributed by atoms with Gasteiger partial charge in [-0.2, -0.15) is 0 Å². The number of hydrogen-bond donors (Lipinski definition) is 1. The zero-order chi connectivity index (χ0) is 11.6. The van der Waals surface area contributed by atoms with Crippen molar-refractivity contribution in [1.29, 1.82) is 0 Å². The Morgan fingerprint density at radius 2 is 1.94 bits per heavy atom. The molecule has 2 rings (SSSR count). The molecule has 1 saturated carbocycles. The van der Waals surface area contributed by atoms with E-state index >= 15 is 0 Å². The Balaban J connectivity index is 1.97. The summed E-state index contributed by atoms with van der Waals surface area (Å²) in [6, 6.07) is 0. The van der Waals surface area contributed by atoms with Crippen molar-refractivity contribution < 1.29 is 13.2 Å². The zero-order valence-corrected chi connectivity index (χ0v) is 10.5. The summed E-state index contributed by atoms with van der Waals surface area (Å²) in [5.74, 6) is 0.465. The number of sulfone groups is 1. The van der Waals surface area contributed by atoms with E-state index in [-0.39, 0.29) is 23.2 Å². The molecule has 1 heterocycles. The lowest BCUT2D eigenvalue weighted by Gasteiger charge is -2.38. The van der Waals surface area contributed by atoms with Crippen molar-refractivity contribution in [3.63, 3.8) is 0 Å². The third-order valence-electron chi connectivity index (χ3n) is 3.74. The number of hydrogen-bond acceptors (Lipinski definition) is 4. The largest absolute Gasteiger partial charge is 0.369 e. The molecule has 94 valence electrons. The van der Waals surface area contributed by atoms with Gasteiger partial charge in [0.1, 0.15) is 0 Å². The van der Waals surface area contributed by atoms with Crippen LogP contribution in [0, 0.1) is 0 Å². The van der Waals surface area contributed by atoms with Gasteiger partial charge in [0.2, 0.25) is 0 Å². The fourth-order valence-electron chi connectivity index (χ4n) is 2.77. The topological polar surface area (TPSA) is 69.4 Å². The van der Waals surface area contributed by atoms with Gasteiger partial charge in [0.25, 0.3) is 0 Å². The van der Waals surface area contributed by atoms with Crippen LogP contribution in [0.25, 0.3) is 0 Å². The first kappa shape index (κ1) is 12.3. The smallest absolute Gasteiger partial charge is 0.152 e. The first-order valence-corrected chi connectivity index (χ1v) is 7.96. The van der Waals surface area contributed by atoms with Crippen molar-refractivity contribution in [3.8, 4) is 0 Å². The summed E-state index contributed by atoms with van der Waals surface area (Å²) in [7, 11) is -2.85. The molecule has 2 N–H and O–H groups in total. The molecule has 1 aliphatic heterocycles. The molecule has 0 amide bonds. The standard InChI is InChI=1S/C11H21NO3S/c12-9-11(5-2-1-3-6-11)15-10-4-7-16(13,14)8-10/h10H,1-9,12H2. The second-order valence-electron chi connectivity index (χ2n) is 5.09. The first-order valence-electron chi connectivity index (χ1n) is 6.14. The van der Waals surface area contributed by atoms with Gasteiger partial charge in [-0.1, -0.05) is 19.3 Å². The van der Waals surface area contributed by atoms with Crippen LogP contribution in [0.3, 0.4) is 0 Å². The maximum atomic E-state index is 11.4. The van der Waals surface area contributed by atoms with Crippen LogP contribution in [0.4, 0.5) is 0 Å². The van der Waals surface area contributed by atoms with Crippen LogP contribution in [0.1, 0.15) is 38.5 Å². The Hall–Kier alpha value is -0.130. The van der Waals surface area contributed by atoms with Gasteiger partial charge in [0.05, 0.1) is 23.2 Å². The Kier molecular flexibility index (Phi) is 3.56. The molecule has 0 aromatic heterocycles. The fraction of sp³-hybridized carbons (Fsp3) is 1.00. The van der Waals surface area contributed by atoms with E-state index in [4.69, 9.17) is 10.5 Å². The minimum Gasteiger partial charge on any atom is -0.369 e. The fourth-order valence-corrected chi connectivity index (χ4v) is 4.36. The molecule has 0 aromatic carbocycles. The normalized spacial score (nSPS) is 32.7. The molecule has 0 spiro atoms. The zero-order valence-electron chi connectivity index (χ0n) is 9.65. The number of nitrogens with two attached hydrogens (primary N) is 1. The van der Waals surface area contributed by atoms with E-state index in [1.807, 2.05) is 0 Å². The van der Waals surface area contributed by atoms with E-state index in [1.54, 1.807) is 0 Å². The lowest BCUT2D eigenvalue weighted by Crippen LogP contribution is -2.45. The highest BCUT2D eigenvalue weighted by atomic mass is 32.2. The van der Waals surface area contributed by atoms with Crippen molar-refractivity contribution in [2.45, 2.75) is 50.2 Å². The van der Waals surface area contributed by atoms with Crippen molar-refractivity contribution in [2.24, 2.45) is 5.73 Å². The summed E-state index contributed by atoms with van der Waals surface area (Å²) < 4.78 is 28.7. The Bertz CT molecular complexity index is 333. The Labute approximate surface area is 97.5 Å². The third-order valence-corrected chi connectivity index (χ3v) is 5.48. The van der Waals surface area contributed by atoms with Crippen LogP contribution in [0.15, 0.2) is 0 Å². The molecule has 0 aromatic rings. The van der Waals surface area contributed by atoms with Crippen LogP contribution in [0.5, 0.6) is 0 Å². The van der Waals surface area contributed by atoms with E-state index in [0.29, 0.717) is 13.0 Å². The SMILES string of the molecule is NCC1(OC2CCS(=O)(=O)C2)CCCCC1. The highest BCUT2D eigenvalue weighted by Gasteiger charge is 2.38. The molecular formula is C11H21NO3S. The molecule has 1 atom stereocenters. The van der Waals surface area contributed by atoms with Crippen LogP contribution in [-0.4, -0.2) is 38.2 Å². The van der Waals surface area contributed by atoms with Crippen molar-refractivity contribution >= 4 is 9.84 Å². The molecule has 2 fully saturated rings. The quantitative estimate of drug-likeness (QED) is 0.803. The lowest BCUT2D eigenvalue weighted by atomic mass is 9.84. The average molecular weight is 247 g/mol. The second-order valence-corrected chi connectivity index (χ2v) is 7.32. The summed E-state index contributed by atoms with van der Waals surface area (Å²) in [5.41, 5.74) is 5.58. The molecule has 4 nitrogen and oxygen atoms in total. The van der Waals surface area contributed by atoms with E-state index < -0.39 is 9.84 Å². The predicted octanol–water partition coefficient (Wildman–Crippen LogP) is 0.852. The van der Waals surface area contributed by atoms with Crippen LogP contribution < -0.4 is 5.73 Å². The molecular weight excluding hydrogens is 226 g/mol. The van der Waals surface area contributed by atoms with Crippen molar-refractivity contribution in [3.05, 3.63) is 0 Å². The van der Waals surface area contributed by atoms with Crippen molar-refractivity contribution in [1.82, 2.24) is 0 Å². The summed E-state index contributed by atoms with van der Waals surface area (Å²) in [6.07, 6.45) is 6.04. The molecule has 0 bridgehead atoms. The third kappa shape index (κ3) is 2.76. The monoisotopic (exact) mass is 247 g/mol. The summed E-state index contributed by atoms with van der Waals surface area (Å²) >= 11 is 0. The molecule has 2 aliphatic rings. The first-order chi connectivity index (χ1) is 7.55. The van der Waals surface area contributed by atoms with Gasteiger partial charge in [-0.05, 0) is 19.3 Å². The summed E-state index contributed by atoms with van der Waals surface area (Å²) in [6.45, 7) is 0.517. The van der Waals surface area contributed by atoms with Gasteiger partial charge in [-0.15, -0.1) is 0 Å². The number of ether oxygens (including phenoxy) is 1. The van der Waals surface area contributed by atoms with E-state index in [0.717, 1.165) is 25.7 Å².